The van der Waals surface area contributed by atoms with Crippen LogP contribution in [0.5, 0.6) is 0 Å². The van der Waals surface area contributed by atoms with E-state index in [2.05, 4.69) is 59.9 Å². The molecule has 150 valence electrons. The van der Waals surface area contributed by atoms with Crippen LogP contribution in [0.2, 0.25) is 0 Å². The number of rotatable bonds is 3. The van der Waals surface area contributed by atoms with Crippen LogP contribution < -0.4 is 5.32 Å². The second-order valence-corrected chi connectivity index (χ2v) is 10.0. The van der Waals surface area contributed by atoms with Crippen molar-refractivity contribution in [2.24, 2.45) is 23.7 Å². The molecule has 0 spiro atoms. The second kappa shape index (κ2) is 6.38. The molecule has 0 saturated heterocycles. The summed E-state index contributed by atoms with van der Waals surface area (Å²) in [6, 6.07) is 24.0. The van der Waals surface area contributed by atoms with Gasteiger partial charge in [-0.2, -0.15) is 0 Å². The van der Waals surface area contributed by atoms with E-state index in [0.717, 1.165) is 52.1 Å². The van der Waals surface area contributed by atoms with E-state index in [0.29, 0.717) is 0 Å². The van der Waals surface area contributed by atoms with Crippen molar-refractivity contribution in [1.82, 2.24) is 0 Å². The van der Waals surface area contributed by atoms with Gasteiger partial charge < -0.3 is 9.73 Å². The molecule has 4 bridgehead atoms. The number of furan rings is 1. The SMILES string of the molecule is c1ccc2c(c1)oc1cc(Nc3ccc(C4C5CC6CC(C5)CC4C6)cc3)ccc12. The van der Waals surface area contributed by atoms with E-state index in [1.807, 2.05) is 12.1 Å². The molecule has 4 saturated carbocycles. The monoisotopic (exact) mass is 393 g/mol. The Hall–Kier alpha value is -2.74. The summed E-state index contributed by atoms with van der Waals surface area (Å²) in [5.74, 6) is 4.76. The number of para-hydroxylation sites is 1. The molecule has 1 heterocycles. The average molecular weight is 394 g/mol. The molecular formula is C28H27NO. The zero-order valence-electron chi connectivity index (χ0n) is 17.2. The molecule has 8 rings (SSSR count). The summed E-state index contributed by atoms with van der Waals surface area (Å²) in [5.41, 5.74) is 5.68. The fraction of sp³-hybridized carbons (Fsp3) is 0.357. The zero-order chi connectivity index (χ0) is 19.7. The average Bonchev–Trinajstić information content (AvgIpc) is 3.12. The highest BCUT2D eigenvalue weighted by atomic mass is 16.3. The normalized spacial score (nSPS) is 29.7. The molecule has 0 aliphatic heterocycles. The van der Waals surface area contributed by atoms with Gasteiger partial charge in [0, 0.05) is 28.2 Å². The maximum absolute atomic E-state index is 6.04. The molecule has 4 fully saturated rings. The van der Waals surface area contributed by atoms with Crippen LogP contribution in [0, 0.1) is 23.7 Å². The van der Waals surface area contributed by atoms with E-state index < -0.39 is 0 Å². The van der Waals surface area contributed by atoms with Crippen molar-refractivity contribution in [3.8, 4) is 0 Å². The molecule has 0 atom stereocenters. The van der Waals surface area contributed by atoms with Crippen LogP contribution in [0.3, 0.4) is 0 Å². The second-order valence-electron chi connectivity index (χ2n) is 10.0. The number of nitrogens with one attached hydrogen (secondary N) is 1. The van der Waals surface area contributed by atoms with Crippen molar-refractivity contribution in [3.05, 3.63) is 72.3 Å². The minimum absolute atomic E-state index is 0.804. The van der Waals surface area contributed by atoms with Gasteiger partial charge in [-0.15, -0.1) is 0 Å². The van der Waals surface area contributed by atoms with Gasteiger partial charge in [0.25, 0.3) is 0 Å². The minimum atomic E-state index is 0.804. The van der Waals surface area contributed by atoms with E-state index in [1.165, 1.54) is 42.9 Å². The smallest absolute Gasteiger partial charge is 0.137 e. The predicted molar refractivity (Wildman–Crippen MR) is 123 cm³/mol. The highest BCUT2D eigenvalue weighted by molar-refractivity contribution is 6.05. The van der Waals surface area contributed by atoms with E-state index >= 15 is 0 Å². The van der Waals surface area contributed by atoms with Gasteiger partial charge in [0.05, 0.1) is 0 Å². The summed E-state index contributed by atoms with van der Waals surface area (Å²) in [6.07, 6.45) is 7.45. The summed E-state index contributed by atoms with van der Waals surface area (Å²) in [7, 11) is 0. The fourth-order valence-corrected chi connectivity index (χ4v) is 7.23. The molecule has 0 unspecified atom stereocenters. The standard InChI is InChI=1S/C28H27NO/c1-2-4-26-24(3-1)25-10-9-23(16-27(25)30-26)29-22-7-5-19(6-8-22)28-20-12-17-11-18(14-20)15-21(28)13-17/h1-10,16-18,20-21,28-29H,11-15H2. The first kappa shape index (κ1) is 17.0. The largest absolute Gasteiger partial charge is 0.456 e. The lowest BCUT2D eigenvalue weighted by molar-refractivity contribution is -0.00277. The summed E-state index contributed by atoms with van der Waals surface area (Å²) < 4.78 is 6.04. The van der Waals surface area contributed by atoms with Crippen molar-refractivity contribution in [1.29, 1.82) is 0 Å². The molecular weight excluding hydrogens is 366 g/mol. The fourth-order valence-electron chi connectivity index (χ4n) is 7.23. The lowest BCUT2D eigenvalue weighted by atomic mass is 9.51. The topological polar surface area (TPSA) is 25.2 Å². The van der Waals surface area contributed by atoms with Crippen LogP contribution >= 0.6 is 0 Å². The Morgan fingerprint density at radius 1 is 0.633 bits per heavy atom. The molecule has 0 amide bonds. The minimum Gasteiger partial charge on any atom is -0.456 e. The van der Waals surface area contributed by atoms with Gasteiger partial charge in [-0.3, -0.25) is 0 Å². The van der Waals surface area contributed by atoms with Gasteiger partial charge in [0.15, 0.2) is 0 Å². The van der Waals surface area contributed by atoms with E-state index in [-0.39, 0.29) is 0 Å². The maximum Gasteiger partial charge on any atom is 0.137 e. The Morgan fingerprint density at radius 2 is 1.30 bits per heavy atom. The van der Waals surface area contributed by atoms with Crippen molar-refractivity contribution < 1.29 is 4.42 Å². The molecule has 4 aliphatic rings. The molecule has 3 aromatic carbocycles. The van der Waals surface area contributed by atoms with Crippen molar-refractivity contribution in [2.75, 3.05) is 5.32 Å². The predicted octanol–water partition coefficient (Wildman–Crippen LogP) is 7.87. The van der Waals surface area contributed by atoms with Gasteiger partial charge in [0.2, 0.25) is 0 Å². The van der Waals surface area contributed by atoms with Gasteiger partial charge in [-0.1, -0.05) is 30.3 Å². The molecule has 2 heteroatoms. The van der Waals surface area contributed by atoms with Crippen molar-refractivity contribution >= 4 is 33.3 Å². The number of fused-ring (bicyclic) bond motifs is 3. The van der Waals surface area contributed by atoms with E-state index in [1.54, 1.807) is 5.56 Å². The molecule has 1 aromatic heterocycles. The van der Waals surface area contributed by atoms with Gasteiger partial charge in [0.1, 0.15) is 11.2 Å². The summed E-state index contributed by atoms with van der Waals surface area (Å²) >= 11 is 0. The third-order valence-electron chi connectivity index (χ3n) is 8.19. The highest BCUT2D eigenvalue weighted by Crippen LogP contribution is 2.59. The lowest BCUT2D eigenvalue weighted by Crippen LogP contribution is -2.43. The van der Waals surface area contributed by atoms with Gasteiger partial charge >= 0.3 is 0 Å². The van der Waals surface area contributed by atoms with Gasteiger partial charge in [-0.25, -0.2) is 0 Å². The molecule has 30 heavy (non-hydrogen) atoms. The summed E-state index contributed by atoms with van der Waals surface area (Å²) in [6.45, 7) is 0. The molecule has 0 radical (unpaired) electrons. The van der Waals surface area contributed by atoms with Crippen LogP contribution in [0.15, 0.2) is 71.1 Å². The number of hydrogen-bond acceptors (Lipinski definition) is 2. The van der Waals surface area contributed by atoms with Crippen LogP contribution in [0.4, 0.5) is 11.4 Å². The number of hydrogen-bond donors (Lipinski definition) is 1. The van der Waals surface area contributed by atoms with Crippen LogP contribution in [0.1, 0.15) is 43.6 Å². The molecule has 4 aliphatic carbocycles. The Bertz CT molecular complexity index is 1210. The lowest BCUT2D eigenvalue weighted by Gasteiger charge is -2.54. The van der Waals surface area contributed by atoms with Gasteiger partial charge in [-0.05, 0) is 97.6 Å². The quantitative estimate of drug-likeness (QED) is 0.383. The summed E-state index contributed by atoms with van der Waals surface area (Å²) in [4.78, 5) is 0. The number of benzene rings is 3. The van der Waals surface area contributed by atoms with Crippen LogP contribution in [-0.4, -0.2) is 0 Å². The van der Waals surface area contributed by atoms with E-state index in [9.17, 15) is 0 Å². The zero-order valence-corrected chi connectivity index (χ0v) is 17.2. The van der Waals surface area contributed by atoms with Crippen LogP contribution in [0.25, 0.3) is 21.9 Å². The van der Waals surface area contributed by atoms with Crippen LogP contribution in [-0.2, 0) is 0 Å². The Kier molecular flexibility index (Phi) is 3.61. The Labute approximate surface area is 177 Å². The third kappa shape index (κ3) is 2.62. The first-order valence-electron chi connectivity index (χ1n) is 11.6. The Balaban J connectivity index is 1.14. The molecule has 2 nitrogen and oxygen atoms in total. The first-order valence-corrected chi connectivity index (χ1v) is 11.6. The summed E-state index contributed by atoms with van der Waals surface area (Å²) in [5, 5.41) is 5.93. The van der Waals surface area contributed by atoms with Crippen molar-refractivity contribution in [2.45, 2.75) is 38.0 Å². The number of anilines is 2. The molecule has 4 aromatic rings. The highest BCUT2D eigenvalue weighted by Gasteiger charge is 2.48. The maximum atomic E-state index is 6.04. The first-order chi connectivity index (χ1) is 14.8. The third-order valence-corrected chi connectivity index (χ3v) is 8.19. The van der Waals surface area contributed by atoms with E-state index in [4.69, 9.17) is 4.42 Å². The van der Waals surface area contributed by atoms with Crippen molar-refractivity contribution in [3.63, 3.8) is 0 Å². The Morgan fingerprint density at radius 3 is 2.07 bits per heavy atom. The molecule has 1 N–H and O–H groups in total.